The number of nitrogens with one attached hydrogen (secondary N) is 1. The lowest BCUT2D eigenvalue weighted by Gasteiger charge is -2.19. The number of carbonyl (C=O) groups is 1. The Morgan fingerprint density at radius 2 is 1.89 bits per heavy atom. The van der Waals surface area contributed by atoms with Crippen molar-refractivity contribution in [3.05, 3.63) is 23.0 Å². The monoisotopic (exact) mass is 286 g/mol. The van der Waals surface area contributed by atoms with Crippen molar-refractivity contribution in [2.45, 2.75) is 27.1 Å². The van der Waals surface area contributed by atoms with Crippen LogP contribution in [0.5, 0.6) is 0 Å². The van der Waals surface area contributed by atoms with Crippen molar-refractivity contribution in [1.82, 2.24) is 4.98 Å². The molecule has 1 aromatic heterocycles. The fourth-order valence-electron chi connectivity index (χ4n) is 1.32. The van der Waals surface area contributed by atoms with E-state index < -0.39 is 11.7 Å². The highest BCUT2D eigenvalue weighted by atomic mass is 35.5. The van der Waals surface area contributed by atoms with Crippen LogP contribution in [-0.4, -0.2) is 25.1 Å². The van der Waals surface area contributed by atoms with Crippen molar-refractivity contribution in [3.8, 4) is 0 Å². The van der Waals surface area contributed by atoms with Gasteiger partial charge in [-0.1, -0.05) is 32.4 Å². The maximum Gasteiger partial charge on any atom is 0.229 e. The standard InChI is InChI=1S/C13H19ClN2O3/c1-13(2,3)12(17)16-8-6-7-9(15-10(8)14)11(18-4)19-5/h6-7,11H,1-5H3,(H,16,17). The van der Waals surface area contributed by atoms with Gasteiger partial charge in [0.2, 0.25) is 12.2 Å². The lowest BCUT2D eigenvalue weighted by atomic mass is 9.95. The summed E-state index contributed by atoms with van der Waals surface area (Å²) < 4.78 is 10.2. The minimum absolute atomic E-state index is 0.126. The summed E-state index contributed by atoms with van der Waals surface area (Å²) in [5, 5.41) is 2.94. The molecule has 0 saturated heterocycles. The number of aromatic nitrogens is 1. The molecular weight excluding hydrogens is 268 g/mol. The second-order valence-electron chi connectivity index (χ2n) is 5.08. The van der Waals surface area contributed by atoms with Crippen molar-refractivity contribution in [2.75, 3.05) is 19.5 Å². The van der Waals surface area contributed by atoms with Crippen LogP contribution in [0.25, 0.3) is 0 Å². The number of amides is 1. The van der Waals surface area contributed by atoms with Crippen LogP contribution in [0.4, 0.5) is 5.69 Å². The van der Waals surface area contributed by atoms with Crippen molar-refractivity contribution >= 4 is 23.2 Å². The molecule has 5 nitrogen and oxygen atoms in total. The fraction of sp³-hybridized carbons (Fsp3) is 0.538. The Kier molecular flexibility index (Phi) is 5.29. The number of anilines is 1. The molecule has 0 aliphatic heterocycles. The van der Waals surface area contributed by atoms with E-state index in [0.29, 0.717) is 11.4 Å². The molecule has 1 aromatic rings. The Hall–Kier alpha value is -1.17. The van der Waals surface area contributed by atoms with Gasteiger partial charge >= 0.3 is 0 Å². The molecule has 6 heteroatoms. The van der Waals surface area contributed by atoms with E-state index in [9.17, 15) is 4.79 Å². The van der Waals surface area contributed by atoms with Gasteiger partial charge in [-0.15, -0.1) is 0 Å². The Morgan fingerprint density at radius 1 is 1.32 bits per heavy atom. The van der Waals surface area contributed by atoms with Crippen LogP contribution in [0.2, 0.25) is 5.15 Å². The van der Waals surface area contributed by atoms with Crippen LogP contribution >= 0.6 is 11.6 Å². The minimum Gasteiger partial charge on any atom is -0.350 e. The third kappa shape index (κ3) is 4.16. The molecule has 0 spiro atoms. The Bertz CT molecular complexity index is 454. The van der Waals surface area contributed by atoms with Gasteiger partial charge < -0.3 is 14.8 Å². The Balaban J connectivity index is 2.92. The highest BCUT2D eigenvalue weighted by Crippen LogP contribution is 2.25. The average molecular weight is 287 g/mol. The third-order valence-electron chi connectivity index (χ3n) is 2.47. The van der Waals surface area contributed by atoms with Gasteiger partial charge in [0.25, 0.3) is 0 Å². The molecule has 0 saturated carbocycles. The van der Waals surface area contributed by atoms with Gasteiger partial charge in [-0.05, 0) is 12.1 Å². The first-order valence-electron chi connectivity index (χ1n) is 5.83. The van der Waals surface area contributed by atoms with Crippen LogP contribution in [0.15, 0.2) is 12.1 Å². The largest absolute Gasteiger partial charge is 0.350 e. The number of rotatable bonds is 4. The van der Waals surface area contributed by atoms with Gasteiger partial charge in [-0.2, -0.15) is 0 Å². The number of pyridine rings is 1. The third-order valence-corrected chi connectivity index (χ3v) is 2.76. The molecule has 0 aliphatic rings. The van der Waals surface area contributed by atoms with Gasteiger partial charge in [0, 0.05) is 19.6 Å². The second-order valence-corrected chi connectivity index (χ2v) is 5.44. The summed E-state index contributed by atoms with van der Waals surface area (Å²) in [6.45, 7) is 5.47. The fourth-order valence-corrected chi connectivity index (χ4v) is 1.53. The summed E-state index contributed by atoms with van der Waals surface area (Å²) in [5.41, 5.74) is 0.518. The second kappa shape index (κ2) is 6.32. The molecule has 0 bridgehead atoms. The molecule has 1 rings (SSSR count). The summed E-state index contributed by atoms with van der Waals surface area (Å²) in [4.78, 5) is 16.0. The molecule has 1 amide bonds. The minimum atomic E-state index is -0.579. The van der Waals surface area contributed by atoms with Crippen molar-refractivity contribution in [1.29, 1.82) is 0 Å². The first kappa shape index (κ1) is 15.9. The maximum atomic E-state index is 11.9. The number of hydrogen-bond donors (Lipinski definition) is 1. The molecule has 0 aromatic carbocycles. The Morgan fingerprint density at radius 3 is 2.32 bits per heavy atom. The highest BCUT2D eigenvalue weighted by Gasteiger charge is 2.22. The summed E-state index contributed by atoms with van der Waals surface area (Å²) in [6.07, 6.45) is -0.579. The van der Waals surface area contributed by atoms with E-state index in [0.717, 1.165) is 0 Å². The van der Waals surface area contributed by atoms with Crippen LogP contribution < -0.4 is 5.32 Å². The lowest BCUT2D eigenvalue weighted by molar-refractivity contribution is -0.123. The van der Waals surface area contributed by atoms with E-state index in [4.69, 9.17) is 21.1 Å². The summed E-state index contributed by atoms with van der Waals surface area (Å²) in [6, 6.07) is 3.38. The number of ether oxygens (including phenoxy) is 2. The van der Waals surface area contributed by atoms with Gasteiger partial charge in [0.1, 0.15) is 0 Å². The van der Waals surface area contributed by atoms with E-state index in [-0.39, 0.29) is 11.1 Å². The van der Waals surface area contributed by atoms with E-state index in [1.807, 2.05) is 20.8 Å². The molecule has 0 atom stereocenters. The lowest BCUT2D eigenvalue weighted by Crippen LogP contribution is -2.27. The number of halogens is 1. The van der Waals surface area contributed by atoms with Crippen molar-refractivity contribution < 1.29 is 14.3 Å². The molecule has 106 valence electrons. The smallest absolute Gasteiger partial charge is 0.229 e. The zero-order valence-corrected chi connectivity index (χ0v) is 12.5. The van der Waals surface area contributed by atoms with E-state index in [1.165, 1.54) is 14.2 Å². The number of carbonyl (C=O) groups excluding carboxylic acids is 1. The van der Waals surface area contributed by atoms with Crippen molar-refractivity contribution in [3.63, 3.8) is 0 Å². The summed E-state index contributed by atoms with van der Waals surface area (Å²) in [5.74, 6) is -0.126. The van der Waals surface area contributed by atoms with Crippen LogP contribution in [-0.2, 0) is 14.3 Å². The topological polar surface area (TPSA) is 60.5 Å². The molecule has 0 aliphatic carbocycles. The van der Waals surface area contributed by atoms with Gasteiger partial charge in [-0.25, -0.2) is 4.98 Å². The van der Waals surface area contributed by atoms with E-state index in [1.54, 1.807) is 12.1 Å². The summed E-state index contributed by atoms with van der Waals surface area (Å²) >= 11 is 6.04. The van der Waals surface area contributed by atoms with Crippen LogP contribution in [0, 0.1) is 5.41 Å². The van der Waals surface area contributed by atoms with Crippen LogP contribution in [0.3, 0.4) is 0 Å². The number of nitrogens with zero attached hydrogens (tertiary/aromatic N) is 1. The molecule has 19 heavy (non-hydrogen) atoms. The molecule has 0 radical (unpaired) electrons. The number of hydrogen-bond acceptors (Lipinski definition) is 4. The van der Waals surface area contributed by atoms with E-state index in [2.05, 4.69) is 10.3 Å². The van der Waals surface area contributed by atoms with Crippen molar-refractivity contribution in [2.24, 2.45) is 5.41 Å². The van der Waals surface area contributed by atoms with Gasteiger partial charge in [0.05, 0.1) is 11.4 Å². The summed E-state index contributed by atoms with van der Waals surface area (Å²) in [7, 11) is 3.03. The quantitative estimate of drug-likeness (QED) is 0.683. The zero-order valence-electron chi connectivity index (χ0n) is 11.8. The first-order valence-corrected chi connectivity index (χ1v) is 6.21. The maximum absolute atomic E-state index is 11.9. The predicted octanol–water partition coefficient (Wildman–Crippen LogP) is 3.01. The predicted molar refractivity (Wildman–Crippen MR) is 74.1 cm³/mol. The van der Waals surface area contributed by atoms with Gasteiger partial charge in [-0.3, -0.25) is 4.79 Å². The first-order chi connectivity index (χ1) is 8.79. The van der Waals surface area contributed by atoms with Crippen LogP contribution in [0.1, 0.15) is 32.8 Å². The van der Waals surface area contributed by atoms with E-state index >= 15 is 0 Å². The molecule has 1 N–H and O–H groups in total. The Labute approximate surface area is 118 Å². The molecule has 1 heterocycles. The molecule has 0 unspecified atom stereocenters. The highest BCUT2D eigenvalue weighted by molar-refractivity contribution is 6.32. The molecule has 0 fully saturated rings. The number of methoxy groups -OCH3 is 2. The molecular formula is C13H19ClN2O3. The average Bonchev–Trinajstić information content (AvgIpc) is 2.32. The zero-order chi connectivity index (χ0) is 14.6. The normalized spacial score (nSPS) is 11.7. The SMILES string of the molecule is COC(OC)c1ccc(NC(=O)C(C)(C)C)c(Cl)n1. The van der Waals surface area contributed by atoms with Gasteiger partial charge in [0.15, 0.2) is 5.15 Å².